The summed E-state index contributed by atoms with van der Waals surface area (Å²) in [6.07, 6.45) is 8.63. The number of hydrogen-bond donors (Lipinski definition) is 1. The molecule has 3 heteroatoms. The summed E-state index contributed by atoms with van der Waals surface area (Å²) in [5, 5.41) is 3.56. The highest BCUT2D eigenvalue weighted by molar-refractivity contribution is 5.74. The second-order valence-corrected chi connectivity index (χ2v) is 8.79. The predicted octanol–water partition coefficient (Wildman–Crippen LogP) is 4.30. The molecule has 0 amide bonds. The minimum absolute atomic E-state index is 0.00115. The molecule has 1 unspecified atom stereocenters. The molecule has 2 rings (SSSR count). The third-order valence-electron chi connectivity index (χ3n) is 5.66. The Morgan fingerprint density at radius 2 is 1.68 bits per heavy atom. The van der Waals surface area contributed by atoms with E-state index >= 15 is 0 Å². The van der Waals surface area contributed by atoms with E-state index in [4.69, 9.17) is 4.74 Å². The van der Waals surface area contributed by atoms with Crippen LogP contribution < -0.4 is 5.32 Å². The van der Waals surface area contributed by atoms with E-state index in [0.29, 0.717) is 12.5 Å². The fourth-order valence-electron chi connectivity index (χ4n) is 4.55. The van der Waals surface area contributed by atoms with Gasteiger partial charge >= 0.3 is 5.97 Å². The average molecular weight is 309 g/mol. The van der Waals surface area contributed by atoms with Gasteiger partial charge in [0.1, 0.15) is 0 Å². The predicted molar refractivity (Wildman–Crippen MR) is 90.7 cm³/mol. The summed E-state index contributed by atoms with van der Waals surface area (Å²) in [5.41, 5.74) is -0.148. The van der Waals surface area contributed by atoms with Crippen molar-refractivity contribution in [3.63, 3.8) is 0 Å². The Balaban J connectivity index is 1.77. The van der Waals surface area contributed by atoms with Crippen LogP contribution in [0, 0.1) is 17.8 Å². The molecule has 0 aromatic rings. The molecule has 0 aromatic heterocycles. The minimum atomic E-state index is -0.167. The zero-order valence-electron chi connectivity index (χ0n) is 15.2. The molecule has 2 fully saturated rings. The van der Waals surface area contributed by atoms with Crippen LogP contribution >= 0.6 is 0 Å². The molecular weight excluding hydrogens is 274 g/mol. The lowest BCUT2D eigenvalue weighted by Gasteiger charge is -2.30. The van der Waals surface area contributed by atoms with Gasteiger partial charge in [0.15, 0.2) is 0 Å². The van der Waals surface area contributed by atoms with Crippen LogP contribution in [0.2, 0.25) is 0 Å². The zero-order valence-corrected chi connectivity index (χ0v) is 15.2. The summed E-state index contributed by atoms with van der Waals surface area (Å²) in [7, 11) is 0. The van der Waals surface area contributed by atoms with E-state index < -0.39 is 0 Å². The van der Waals surface area contributed by atoms with Gasteiger partial charge in [0.05, 0.1) is 12.5 Å². The van der Waals surface area contributed by atoms with Crippen molar-refractivity contribution in [1.82, 2.24) is 5.32 Å². The molecule has 1 atom stereocenters. The highest BCUT2D eigenvalue weighted by atomic mass is 16.5. The smallest absolute Gasteiger partial charge is 0.310 e. The van der Waals surface area contributed by atoms with Gasteiger partial charge < -0.3 is 10.1 Å². The van der Waals surface area contributed by atoms with E-state index in [2.05, 4.69) is 39.9 Å². The summed E-state index contributed by atoms with van der Waals surface area (Å²) < 4.78 is 5.71. The molecular formula is C19H35NO2. The van der Waals surface area contributed by atoms with Crippen molar-refractivity contribution in [3.05, 3.63) is 0 Å². The van der Waals surface area contributed by atoms with Crippen molar-refractivity contribution in [1.29, 1.82) is 0 Å². The van der Waals surface area contributed by atoms with E-state index in [-0.39, 0.29) is 23.0 Å². The summed E-state index contributed by atoms with van der Waals surface area (Å²) in [6.45, 7) is 11.5. The largest absolute Gasteiger partial charge is 0.465 e. The summed E-state index contributed by atoms with van der Waals surface area (Å²) >= 11 is 0. The Morgan fingerprint density at radius 1 is 1.09 bits per heavy atom. The number of hydrogen-bond acceptors (Lipinski definition) is 3. The van der Waals surface area contributed by atoms with Gasteiger partial charge in [-0.1, -0.05) is 32.6 Å². The van der Waals surface area contributed by atoms with Gasteiger partial charge in [0.2, 0.25) is 0 Å². The summed E-state index contributed by atoms with van der Waals surface area (Å²) in [5.74, 6) is 1.47. The van der Waals surface area contributed by atoms with Crippen LogP contribution in [0.4, 0.5) is 0 Å². The first-order valence-corrected chi connectivity index (χ1v) is 9.19. The number of carbonyl (C=O) groups is 1. The SMILES string of the molecule is CCCC1CCC(COC(=O)C2CC(C)(C)NC2(C)C)CC1. The van der Waals surface area contributed by atoms with Crippen LogP contribution in [0.15, 0.2) is 0 Å². The molecule has 1 N–H and O–H groups in total. The minimum Gasteiger partial charge on any atom is -0.465 e. The maximum atomic E-state index is 12.5. The van der Waals surface area contributed by atoms with E-state index in [9.17, 15) is 4.79 Å². The van der Waals surface area contributed by atoms with E-state index in [1.807, 2.05) is 0 Å². The van der Waals surface area contributed by atoms with E-state index in [0.717, 1.165) is 12.3 Å². The first-order valence-electron chi connectivity index (χ1n) is 9.19. The third-order valence-corrected chi connectivity index (χ3v) is 5.66. The lowest BCUT2D eigenvalue weighted by Crippen LogP contribution is -2.46. The molecule has 0 radical (unpaired) electrons. The first kappa shape index (κ1) is 17.8. The Bertz CT molecular complexity index is 381. The standard InChI is InChI=1S/C19H35NO2/c1-6-7-14-8-10-15(11-9-14)13-22-17(21)16-12-18(2,3)20-19(16,4)5/h14-16,20H,6-13H2,1-5H3. The maximum absolute atomic E-state index is 12.5. The van der Waals surface area contributed by atoms with Crippen molar-refractivity contribution in [2.24, 2.45) is 17.8 Å². The van der Waals surface area contributed by atoms with Gasteiger partial charge in [0.25, 0.3) is 0 Å². The van der Waals surface area contributed by atoms with Crippen LogP contribution in [-0.2, 0) is 9.53 Å². The van der Waals surface area contributed by atoms with Gasteiger partial charge in [-0.3, -0.25) is 4.79 Å². The second kappa shape index (κ2) is 6.90. The monoisotopic (exact) mass is 309 g/mol. The summed E-state index contributed by atoms with van der Waals surface area (Å²) in [6, 6.07) is 0. The van der Waals surface area contributed by atoms with Crippen molar-refractivity contribution >= 4 is 5.97 Å². The number of rotatable bonds is 5. The highest BCUT2D eigenvalue weighted by Crippen LogP contribution is 2.37. The van der Waals surface area contributed by atoms with Crippen molar-refractivity contribution < 1.29 is 9.53 Å². The molecule has 22 heavy (non-hydrogen) atoms. The summed E-state index contributed by atoms with van der Waals surface area (Å²) in [4.78, 5) is 12.5. The zero-order chi connectivity index (χ0) is 16.4. The van der Waals surface area contributed by atoms with E-state index in [1.165, 1.54) is 38.5 Å². The molecule has 0 bridgehead atoms. The normalized spacial score (nSPS) is 33.6. The fourth-order valence-corrected chi connectivity index (χ4v) is 4.55. The van der Waals surface area contributed by atoms with Gasteiger partial charge in [0, 0.05) is 11.1 Å². The maximum Gasteiger partial charge on any atom is 0.310 e. The molecule has 1 saturated carbocycles. The number of ether oxygens (including phenoxy) is 1. The van der Waals surface area contributed by atoms with Crippen LogP contribution in [0.3, 0.4) is 0 Å². The van der Waals surface area contributed by atoms with Crippen LogP contribution in [0.1, 0.15) is 79.6 Å². The first-order chi connectivity index (χ1) is 10.2. The highest BCUT2D eigenvalue weighted by Gasteiger charge is 2.48. The number of esters is 1. The van der Waals surface area contributed by atoms with Crippen molar-refractivity contribution in [3.8, 4) is 0 Å². The molecule has 0 aromatic carbocycles. The van der Waals surface area contributed by atoms with Gasteiger partial charge in [-0.05, 0) is 58.8 Å². The van der Waals surface area contributed by atoms with Crippen molar-refractivity contribution in [2.45, 2.75) is 90.6 Å². The van der Waals surface area contributed by atoms with Gasteiger partial charge in [-0.25, -0.2) is 0 Å². The Morgan fingerprint density at radius 3 is 2.18 bits per heavy atom. The van der Waals surface area contributed by atoms with Crippen LogP contribution in [0.5, 0.6) is 0 Å². The number of nitrogens with one attached hydrogen (secondary N) is 1. The second-order valence-electron chi connectivity index (χ2n) is 8.79. The van der Waals surface area contributed by atoms with E-state index in [1.54, 1.807) is 0 Å². The van der Waals surface area contributed by atoms with Gasteiger partial charge in [-0.2, -0.15) is 0 Å². The molecule has 0 spiro atoms. The molecule has 3 nitrogen and oxygen atoms in total. The lowest BCUT2D eigenvalue weighted by molar-refractivity contribution is -0.152. The Kier molecular flexibility index (Phi) is 5.58. The van der Waals surface area contributed by atoms with Crippen LogP contribution in [-0.4, -0.2) is 23.7 Å². The third kappa shape index (κ3) is 4.47. The lowest BCUT2D eigenvalue weighted by atomic mass is 9.80. The average Bonchev–Trinajstić information content (AvgIpc) is 2.66. The topological polar surface area (TPSA) is 38.3 Å². The van der Waals surface area contributed by atoms with Gasteiger partial charge in [-0.15, -0.1) is 0 Å². The molecule has 1 saturated heterocycles. The molecule has 128 valence electrons. The van der Waals surface area contributed by atoms with Crippen LogP contribution in [0.25, 0.3) is 0 Å². The molecule has 1 heterocycles. The quantitative estimate of drug-likeness (QED) is 0.769. The van der Waals surface area contributed by atoms with Crippen molar-refractivity contribution in [2.75, 3.05) is 6.61 Å². The molecule has 1 aliphatic heterocycles. The Labute approximate surface area is 136 Å². The molecule has 1 aliphatic carbocycles. The number of carbonyl (C=O) groups excluding carboxylic acids is 1. The Hall–Kier alpha value is -0.570. The fraction of sp³-hybridized carbons (Fsp3) is 0.947. The molecule has 2 aliphatic rings.